The van der Waals surface area contributed by atoms with Gasteiger partial charge in [-0.05, 0) is 112 Å². The summed E-state index contributed by atoms with van der Waals surface area (Å²) in [6.07, 6.45) is 3.39. The zero-order valence-electron chi connectivity index (χ0n) is 61.5. The van der Waals surface area contributed by atoms with Crippen LogP contribution in [0.5, 0.6) is 28.7 Å². The lowest BCUT2D eigenvalue weighted by Gasteiger charge is -2.36. The van der Waals surface area contributed by atoms with E-state index in [2.05, 4.69) is 67.4 Å². The highest BCUT2D eigenvalue weighted by molar-refractivity contribution is 6.76. The van der Waals surface area contributed by atoms with Crippen LogP contribution in [0.25, 0.3) is 22.3 Å². The first-order chi connectivity index (χ1) is 49.7. The van der Waals surface area contributed by atoms with Crippen molar-refractivity contribution in [2.75, 3.05) is 82.9 Å². The maximum absolute atomic E-state index is 15.6. The standard InChI is InChI=1S/C79H94FN7O15Si2/c1-14-79-42-53(50-24-27-54(28-25-50)82-72(88)49(4)81-73(89)71(48(2)3)83-78(94)102-45-61-57-22-17-15-20-55(57)56-21-16-18-23-58(56)61)44-87(79)75(91)60-39-68(97-7)70(41-64(60)86(77(79)93)47-99-33-35-104(11,12)13)101-31-19-30-100-69-40-63-59(38-67(69)96-6)74(90)84-43-52(51-26-29-66(95-5)62(80)36-51)37-65(84)76(92)85(63)46-98-32-34-103(8,9)10/h15-18,20-29,36,38-41,43-44,48-49,61,65,71H,14,19,30-35,37,42,45-47H2,1-13H3,(H,81,89)(H,82,88)(H,83,94)/t49-,65-,71-,79-/m0/s1. The Labute approximate surface area is 609 Å². The molecule has 0 unspecified atom stereocenters. The molecule has 11 rings (SSSR count). The summed E-state index contributed by atoms with van der Waals surface area (Å²) in [7, 11) is 1.19. The third-order valence-corrected chi connectivity index (χ3v) is 23.1. The summed E-state index contributed by atoms with van der Waals surface area (Å²) in [5.74, 6) is -2.72. The van der Waals surface area contributed by atoms with Gasteiger partial charge in [0, 0.05) is 84.8 Å². The van der Waals surface area contributed by atoms with Crippen LogP contribution in [-0.4, -0.2) is 159 Å². The Bertz CT molecular complexity index is 4300. The highest BCUT2D eigenvalue weighted by Crippen LogP contribution is 2.49. The Balaban J connectivity index is 0.761. The average molecular weight is 1460 g/mol. The molecule has 3 N–H and O–H groups in total. The fraction of sp³-hybridized carbons (Fsp3) is 0.405. The van der Waals surface area contributed by atoms with Crippen LogP contribution in [0.2, 0.25) is 51.4 Å². The van der Waals surface area contributed by atoms with E-state index in [9.17, 15) is 28.4 Å². The lowest BCUT2D eigenvalue weighted by molar-refractivity contribution is -0.128. The van der Waals surface area contributed by atoms with E-state index in [1.807, 2.05) is 43.3 Å². The predicted octanol–water partition coefficient (Wildman–Crippen LogP) is 13.3. The summed E-state index contributed by atoms with van der Waals surface area (Å²) in [5.41, 5.74) is 6.81. The average Bonchev–Trinajstić information content (AvgIpc) is 1.57. The van der Waals surface area contributed by atoms with E-state index in [1.54, 1.807) is 87.8 Å². The Kier molecular flexibility index (Phi) is 22.9. The van der Waals surface area contributed by atoms with Gasteiger partial charge in [-0.15, -0.1) is 0 Å². The van der Waals surface area contributed by atoms with Crippen LogP contribution < -0.4 is 49.4 Å². The van der Waals surface area contributed by atoms with E-state index < -0.39 is 75.4 Å². The maximum Gasteiger partial charge on any atom is 0.407 e. The molecule has 5 aliphatic rings. The number of halogens is 1. The Morgan fingerprint density at radius 1 is 0.606 bits per heavy atom. The number of carbonyl (C=O) groups excluding carboxylic acids is 7. The lowest BCUT2D eigenvalue weighted by Crippen LogP contribution is -2.56. The van der Waals surface area contributed by atoms with E-state index in [1.165, 1.54) is 53.1 Å². The molecule has 25 heteroatoms. The number of rotatable bonds is 30. The molecule has 0 saturated heterocycles. The van der Waals surface area contributed by atoms with Crippen LogP contribution in [-0.2, 0) is 33.4 Å². The van der Waals surface area contributed by atoms with Gasteiger partial charge in [0.2, 0.25) is 11.8 Å². The van der Waals surface area contributed by atoms with E-state index >= 15 is 9.59 Å². The number of hydrogen-bond acceptors (Lipinski definition) is 15. The molecule has 0 radical (unpaired) electrons. The molecule has 0 spiro atoms. The van der Waals surface area contributed by atoms with Crippen LogP contribution in [0.3, 0.4) is 0 Å². The molecule has 0 saturated carbocycles. The van der Waals surface area contributed by atoms with Crippen LogP contribution in [0.4, 0.5) is 26.2 Å². The number of anilines is 3. The number of carbonyl (C=O) groups is 7. The fourth-order valence-electron chi connectivity index (χ4n) is 13.7. The highest BCUT2D eigenvalue weighted by Gasteiger charge is 2.54. The highest BCUT2D eigenvalue weighted by atomic mass is 28.3. The normalized spacial score (nSPS) is 17.5. The van der Waals surface area contributed by atoms with Crippen LogP contribution >= 0.6 is 0 Å². The molecule has 6 aromatic carbocycles. The zero-order valence-corrected chi connectivity index (χ0v) is 63.5. The Hall–Kier alpha value is -9.83. The first-order valence-electron chi connectivity index (χ1n) is 35.4. The smallest absolute Gasteiger partial charge is 0.407 e. The van der Waals surface area contributed by atoms with Gasteiger partial charge in [0.05, 0.1) is 57.0 Å². The molecule has 4 heterocycles. The molecular weight excluding hydrogens is 1360 g/mol. The second-order valence-corrected chi connectivity index (χ2v) is 40.8. The number of alkyl carbamates (subject to hydrolysis) is 1. The van der Waals surface area contributed by atoms with Crippen LogP contribution in [0, 0.1) is 11.7 Å². The topological polar surface area (TPSA) is 242 Å². The molecule has 4 aliphatic heterocycles. The Morgan fingerprint density at radius 3 is 1.72 bits per heavy atom. The number of fused-ring (bicyclic) bond motifs is 7. The first kappa shape index (κ1) is 75.3. The first-order valence-corrected chi connectivity index (χ1v) is 42.8. The number of methoxy groups -OCH3 is 3. The summed E-state index contributed by atoms with van der Waals surface area (Å²) in [6.45, 7) is 21.1. The molecule has 0 aromatic heterocycles. The van der Waals surface area contributed by atoms with Crippen molar-refractivity contribution in [3.8, 4) is 39.9 Å². The van der Waals surface area contributed by atoms with Crippen molar-refractivity contribution in [1.29, 1.82) is 0 Å². The quantitative estimate of drug-likeness (QED) is 0.0280. The van der Waals surface area contributed by atoms with Crippen molar-refractivity contribution in [2.45, 2.75) is 134 Å². The molecule has 0 fully saturated rings. The van der Waals surface area contributed by atoms with E-state index in [0.717, 1.165) is 34.3 Å². The van der Waals surface area contributed by atoms with Crippen molar-refractivity contribution in [1.82, 2.24) is 20.4 Å². The summed E-state index contributed by atoms with van der Waals surface area (Å²) in [5, 5.41) is 8.35. The monoisotopic (exact) mass is 1460 g/mol. The number of hydrogen-bond donors (Lipinski definition) is 3. The largest absolute Gasteiger partial charge is 0.494 e. The van der Waals surface area contributed by atoms with Crippen molar-refractivity contribution >= 4 is 85.9 Å². The number of nitrogens with zero attached hydrogens (tertiary/aromatic N) is 4. The van der Waals surface area contributed by atoms with E-state index in [-0.39, 0.29) is 127 Å². The van der Waals surface area contributed by atoms with E-state index in [0.29, 0.717) is 47.6 Å². The van der Waals surface area contributed by atoms with Gasteiger partial charge in [-0.3, -0.25) is 43.5 Å². The van der Waals surface area contributed by atoms with E-state index in [4.69, 9.17) is 37.9 Å². The molecule has 1 aliphatic carbocycles. The molecule has 7 amide bonds. The van der Waals surface area contributed by atoms with Gasteiger partial charge in [-0.1, -0.05) is 127 Å². The summed E-state index contributed by atoms with van der Waals surface area (Å²) < 4.78 is 63.0. The third kappa shape index (κ3) is 16.1. The maximum atomic E-state index is 15.6. The zero-order chi connectivity index (χ0) is 74.5. The van der Waals surface area contributed by atoms with Crippen molar-refractivity contribution in [3.63, 3.8) is 0 Å². The van der Waals surface area contributed by atoms with Crippen LogP contribution in [0.1, 0.15) is 102 Å². The number of ether oxygens (including phenoxy) is 8. The molecule has 6 aromatic rings. The SMILES string of the molecule is CC[C@@]12CC(c3ccc(NC(=O)[C@H](C)NC(=O)[C@@H](NC(=O)OCC4c5ccccc5-c5ccccc54)C(C)C)cc3)=CN1C(=O)c1cc(OC)c(OCCCOc3cc4c(cc3OC)C(=O)N3C=C(c5ccc(OC)c(F)c5)C[C@H]3C(=O)N4COCC[Si](C)(C)C)cc1N(COCC[Si](C)(C)C)C2=O. The molecule has 22 nitrogen and oxygen atoms in total. The minimum Gasteiger partial charge on any atom is -0.494 e. The molecule has 4 atom stereocenters. The molecule has 550 valence electrons. The predicted molar refractivity (Wildman–Crippen MR) is 401 cm³/mol. The number of amides is 7. The molecule has 104 heavy (non-hydrogen) atoms. The van der Waals surface area contributed by atoms with Crippen molar-refractivity contribution < 1.29 is 75.8 Å². The van der Waals surface area contributed by atoms with Gasteiger partial charge in [0.25, 0.3) is 23.6 Å². The van der Waals surface area contributed by atoms with Gasteiger partial charge < -0.3 is 58.7 Å². The van der Waals surface area contributed by atoms with Gasteiger partial charge in [-0.2, -0.15) is 0 Å². The van der Waals surface area contributed by atoms with Crippen molar-refractivity contribution in [2.24, 2.45) is 5.92 Å². The fourth-order valence-corrected chi connectivity index (χ4v) is 15.2. The minimum atomic E-state index is -1.58. The summed E-state index contributed by atoms with van der Waals surface area (Å²) in [4.78, 5) is 107. The van der Waals surface area contributed by atoms with Crippen LogP contribution in [0.15, 0.2) is 128 Å². The third-order valence-electron chi connectivity index (χ3n) is 19.7. The van der Waals surface area contributed by atoms with Crippen molar-refractivity contribution in [3.05, 3.63) is 167 Å². The minimum absolute atomic E-state index is 0.0716. The second kappa shape index (κ2) is 31.6. The lowest BCUT2D eigenvalue weighted by atomic mass is 9.87. The summed E-state index contributed by atoms with van der Waals surface area (Å²) >= 11 is 0. The van der Waals surface area contributed by atoms with Gasteiger partial charge in [-0.25, -0.2) is 9.18 Å². The summed E-state index contributed by atoms with van der Waals surface area (Å²) in [6, 6.07) is 32.7. The van der Waals surface area contributed by atoms with Gasteiger partial charge >= 0.3 is 6.09 Å². The molecular formula is C79H94FN7O15Si2. The van der Waals surface area contributed by atoms with Gasteiger partial charge in [0.1, 0.15) is 43.7 Å². The van der Waals surface area contributed by atoms with Gasteiger partial charge in [0.15, 0.2) is 34.6 Å². The Morgan fingerprint density at radius 2 is 1.16 bits per heavy atom. The number of nitrogens with one attached hydrogen (secondary N) is 3. The second-order valence-electron chi connectivity index (χ2n) is 29.6. The molecule has 0 bridgehead atoms. The number of benzene rings is 6.